The summed E-state index contributed by atoms with van der Waals surface area (Å²) in [6.07, 6.45) is -0.688. The zero-order valence-electron chi connectivity index (χ0n) is 11.3. The Morgan fingerprint density at radius 2 is 2.10 bits per heavy atom. The molecule has 0 saturated carbocycles. The number of hydrogen-bond donors (Lipinski definition) is 0. The Hall–Kier alpha value is -1.39. The Morgan fingerprint density at radius 1 is 1.33 bits per heavy atom. The number of rotatable bonds is 5. The number of carbonyl (C=O) groups excluding carboxylic acids is 1. The van der Waals surface area contributed by atoms with Crippen molar-refractivity contribution in [2.75, 3.05) is 0 Å². The van der Waals surface area contributed by atoms with Crippen LogP contribution in [0.5, 0.6) is 5.75 Å². The number of ether oxygens (including phenoxy) is 1. The standard InChI is InChI=1S/C16H13BrClFO2/c1-10(21-14-4-2-3-13(18)9-14)16(20)7-11-5-6-12(17)8-15(11)19/h2-6,8-10H,7H2,1H3. The molecule has 0 fully saturated rings. The fourth-order valence-electron chi connectivity index (χ4n) is 1.81. The van der Waals surface area contributed by atoms with Gasteiger partial charge >= 0.3 is 0 Å². The van der Waals surface area contributed by atoms with Crippen LogP contribution in [0.2, 0.25) is 5.02 Å². The van der Waals surface area contributed by atoms with Gasteiger partial charge in [0.05, 0.1) is 0 Å². The normalized spacial score (nSPS) is 12.0. The van der Waals surface area contributed by atoms with Crippen LogP contribution in [-0.4, -0.2) is 11.9 Å². The smallest absolute Gasteiger partial charge is 0.177 e. The molecular weight excluding hydrogens is 359 g/mol. The maximum atomic E-state index is 13.7. The molecule has 2 rings (SSSR count). The average Bonchev–Trinajstić information content (AvgIpc) is 2.41. The lowest BCUT2D eigenvalue weighted by atomic mass is 10.1. The first-order chi connectivity index (χ1) is 9.95. The molecule has 0 N–H and O–H groups in total. The second kappa shape index (κ2) is 7.05. The second-order valence-electron chi connectivity index (χ2n) is 4.60. The highest BCUT2D eigenvalue weighted by Gasteiger charge is 2.17. The molecule has 5 heteroatoms. The van der Waals surface area contributed by atoms with Crippen LogP contribution in [0.25, 0.3) is 0 Å². The van der Waals surface area contributed by atoms with Crippen LogP contribution in [0.15, 0.2) is 46.9 Å². The third-order valence-corrected chi connectivity index (χ3v) is 3.67. The number of Topliss-reactive ketones (excluding diaryl/α,β-unsaturated/α-hetero) is 1. The first-order valence-corrected chi connectivity index (χ1v) is 7.51. The van der Waals surface area contributed by atoms with Gasteiger partial charge in [0.25, 0.3) is 0 Å². The Bertz CT molecular complexity index is 660. The molecule has 2 aromatic carbocycles. The minimum atomic E-state index is -0.675. The van der Waals surface area contributed by atoms with Crippen LogP contribution in [-0.2, 0) is 11.2 Å². The van der Waals surface area contributed by atoms with E-state index in [4.69, 9.17) is 16.3 Å². The summed E-state index contributed by atoms with van der Waals surface area (Å²) in [6.45, 7) is 1.64. The van der Waals surface area contributed by atoms with E-state index in [1.807, 2.05) is 0 Å². The minimum Gasteiger partial charge on any atom is -0.483 e. The van der Waals surface area contributed by atoms with Gasteiger partial charge in [0.1, 0.15) is 11.6 Å². The van der Waals surface area contributed by atoms with E-state index in [1.165, 1.54) is 6.07 Å². The Kier molecular flexibility index (Phi) is 5.37. The predicted octanol–water partition coefficient (Wildman–Crippen LogP) is 4.82. The van der Waals surface area contributed by atoms with Gasteiger partial charge in [-0.15, -0.1) is 0 Å². The third-order valence-electron chi connectivity index (χ3n) is 2.94. The van der Waals surface area contributed by atoms with Crippen LogP contribution in [0.3, 0.4) is 0 Å². The van der Waals surface area contributed by atoms with Gasteiger partial charge in [0.2, 0.25) is 0 Å². The molecule has 0 heterocycles. The number of ketones is 1. The molecular formula is C16H13BrClFO2. The fourth-order valence-corrected chi connectivity index (χ4v) is 2.32. The SMILES string of the molecule is CC(Oc1cccc(Cl)c1)C(=O)Cc1ccc(Br)cc1F. The van der Waals surface area contributed by atoms with Gasteiger partial charge < -0.3 is 4.74 Å². The molecule has 0 spiro atoms. The third kappa shape index (κ3) is 4.55. The summed E-state index contributed by atoms with van der Waals surface area (Å²) < 4.78 is 19.9. The molecule has 0 aliphatic heterocycles. The van der Waals surface area contributed by atoms with Crippen LogP contribution in [0.4, 0.5) is 4.39 Å². The molecule has 0 amide bonds. The van der Waals surface area contributed by atoms with E-state index in [9.17, 15) is 9.18 Å². The Morgan fingerprint density at radius 3 is 2.76 bits per heavy atom. The quantitative estimate of drug-likeness (QED) is 0.753. The summed E-state index contributed by atoms with van der Waals surface area (Å²) in [5.41, 5.74) is 0.352. The molecule has 2 nitrogen and oxygen atoms in total. The van der Waals surface area contributed by atoms with Crippen molar-refractivity contribution in [1.82, 2.24) is 0 Å². The van der Waals surface area contributed by atoms with Gasteiger partial charge in [-0.05, 0) is 42.8 Å². The molecule has 0 aliphatic carbocycles. The summed E-state index contributed by atoms with van der Waals surface area (Å²) in [7, 11) is 0. The van der Waals surface area contributed by atoms with E-state index in [2.05, 4.69) is 15.9 Å². The highest BCUT2D eigenvalue weighted by atomic mass is 79.9. The second-order valence-corrected chi connectivity index (χ2v) is 5.95. The molecule has 21 heavy (non-hydrogen) atoms. The molecule has 110 valence electrons. The summed E-state index contributed by atoms with van der Waals surface area (Å²) in [5.74, 6) is -0.0940. The van der Waals surface area contributed by atoms with Crippen molar-refractivity contribution in [3.05, 3.63) is 63.3 Å². The van der Waals surface area contributed by atoms with Gasteiger partial charge in [0.15, 0.2) is 11.9 Å². The number of carbonyl (C=O) groups is 1. The fraction of sp³-hybridized carbons (Fsp3) is 0.188. The van der Waals surface area contributed by atoms with Crippen molar-refractivity contribution < 1.29 is 13.9 Å². The molecule has 2 aromatic rings. The number of hydrogen-bond acceptors (Lipinski definition) is 2. The van der Waals surface area contributed by atoms with Crippen LogP contribution in [0, 0.1) is 5.82 Å². The first kappa shape index (κ1) is 16.0. The van der Waals surface area contributed by atoms with Crippen LogP contribution in [0.1, 0.15) is 12.5 Å². The largest absolute Gasteiger partial charge is 0.483 e. The van der Waals surface area contributed by atoms with Crippen molar-refractivity contribution >= 4 is 33.3 Å². The lowest BCUT2D eigenvalue weighted by Crippen LogP contribution is -2.25. The van der Waals surface area contributed by atoms with E-state index in [0.717, 1.165) is 0 Å². The first-order valence-electron chi connectivity index (χ1n) is 6.34. The number of halogens is 3. The van der Waals surface area contributed by atoms with E-state index < -0.39 is 11.9 Å². The highest BCUT2D eigenvalue weighted by Crippen LogP contribution is 2.20. The van der Waals surface area contributed by atoms with E-state index in [1.54, 1.807) is 43.3 Å². The van der Waals surface area contributed by atoms with Crippen molar-refractivity contribution in [2.45, 2.75) is 19.4 Å². The summed E-state index contributed by atoms with van der Waals surface area (Å²) >= 11 is 9.03. The van der Waals surface area contributed by atoms with Crippen LogP contribution < -0.4 is 4.74 Å². The zero-order valence-corrected chi connectivity index (χ0v) is 13.6. The van der Waals surface area contributed by atoms with E-state index in [-0.39, 0.29) is 12.2 Å². The number of benzene rings is 2. The zero-order chi connectivity index (χ0) is 15.4. The lowest BCUT2D eigenvalue weighted by molar-refractivity contribution is -0.124. The van der Waals surface area contributed by atoms with E-state index >= 15 is 0 Å². The minimum absolute atomic E-state index is 0.0130. The molecule has 0 saturated heterocycles. The highest BCUT2D eigenvalue weighted by molar-refractivity contribution is 9.10. The summed E-state index contributed by atoms with van der Waals surface area (Å²) in [5, 5.41) is 0.533. The van der Waals surface area contributed by atoms with Crippen molar-refractivity contribution in [2.24, 2.45) is 0 Å². The lowest BCUT2D eigenvalue weighted by Gasteiger charge is -2.14. The maximum Gasteiger partial charge on any atom is 0.177 e. The molecule has 1 unspecified atom stereocenters. The summed E-state index contributed by atoms with van der Waals surface area (Å²) in [6, 6.07) is 11.4. The average molecular weight is 372 g/mol. The van der Waals surface area contributed by atoms with Gasteiger partial charge in [-0.3, -0.25) is 4.79 Å². The van der Waals surface area contributed by atoms with Gasteiger partial charge in [-0.25, -0.2) is 4.39 Å². The van der Waals surface area contributed by atoms with Gasteiger partial charge in [-0.2, -0.15) is 0 Å². The Labute approximate surface area is 136 Å². The van der Waals surface area contributed by atoms with E-state index in [0.29, 0.717) is 20.8 Å². The van der Waals surface area contributed by atoms with Crippen molar-refractivity contribution in [1.29, 1.82) is 0 Å². The molecule has 0 bridgehead atoms. The molecule has 1 atom stereocenters. The topological polar surface area (TPSA) is 26.3 Å². The summed E-state index contributed by atoms with van der Waals surface area (Å²) in [4.78, 5) is 12.1. The maximum absolute atomic E-state index is 13.7. The molecule has 0 aromatic heterocycles. The monoisotopic (exact) mass is 370 g/mol. The van der Waals surface area contributed by atoms with Crippen LogP contribution >= 0.6 is 27.5 Å². The van der Waals surface area contributed by atoms with Crippen molar-refractivity contribution in [3.63, 3.8) is 0 Å². The van der Waals surface area contributed by atoms with Gasteiger partial charge in [0, 0.05) is 15.9 Å². The van der Waals surface area contributed by atoms with Crippen molar-refractivity contribution in [3.8, 4) is 5.75 Å². The van der Waals surface area contributed by atoms with Gasteiger partial charge in [-0.1, -0.05) is 39.7 Å². The predicted molar refractivity (Wildman–Crippen MR) is 84.4 cm³/mol. The Balaban J connectivity index is 2.02. The molecule has 0 radical (unpaired) electrons. The molecule has 0 aliphatic rings.